The van der Waals surface area contributed by atoms with E-state index >= 15 is 0 Å². The van der Waals surface area contributed by atoms with E-state index in [0.717, 1.165) is 11.0 Å². The van der Waals surface area contributed by atoms with Gasteiger partial charge >= 0.3 is 0 Å². The van der Waals surface area contributed by atoms with Gasteiger partial charge in [0.05, 0.1) is 24.7 Å². The fourth-order valence-electron chi connectivity index (χ4n) is 0.604. The zero-order valence-corrected chi connectivity index (χ0v) is 10.5. The molecule has 0 aliphatic heterocycles. The van der Waals surface area contributed by atoms with E-state index in [2.05, 4.69) is 22.6 Å². The van der Waals surface area contributed by atoms with Crippen LogP contribution in [0.2, 0.25) is 0 Å². The van der Waals surface area contributed by atoms with Crippen molar-refractivity contribution in [2.75, 3.05) is 30.1 Å². The Morgan fingerprint density at radius 2 is 2.08 bits per heavy atom. The van der Waals surface area contributed by atoms with Gasteiger partial charge < -0.3 is 9.47 Å². The van der Waals surface area contributed by atoms with Crippen LogP contribution in [0.3, 0.4) is 0 Å². The van der Waals surface area contributed by atoms with Gasteiger partial charge in [-0.3, -0.25) is 0 Å². The second-order valence-corrected chi connectivity index (χ2v) is 3.79. The molecule has 0 spiro atoms. The molecule has 1 unspecified atom stereocenters. The fourth-order valence-corrected chi connectivity index (χ4v) is 1.58. The molecule has 0 aliphatic carbocycles. The lowest BCUT2D eigenvalue weighted by molar-refractivity contribution is -0.0266. The molecule has 0 aromatic rings. The van der Waals surface area contributed by atoms with Crippen molar-refractivity contribution in [2.45, 2.75) is 19.4 Å². The molecule has 0 aliphatic rings. The van der Waals surface area contributed by atoms with Gasteiger partial charge in [-0.2, -0.15) is 0 Å². The quantitative estimate of drug-likeness (QED) is 0.409. The molecule has 0 aromatic heterocycles. The Morgan fingerprint density at radius 3 is 2.50 bits per heavy atom. The number of hydrogen-bond acceptors (Lipinski definition) is 2. The van der Waals surface area contributed by atoms with Gasteiger partial charge in [0, 0.05) is 11.0 Å². The number of ether oxygens (including phenoxy) is 2. The summed E-state index contributed by atoms with van der Waals surface area (Å²) in [4.78, 5) is 0. The van der Waals surface area contributed by atoms with Crippen LogP contribution in [0.1, 0.15) is 13.8 Å². The molecule has 12 heavy (non-hydrogen) atoms. The Balaban J connectivity index is 3.45. The SMILES string of the molecule is CCOCCOC(C)(CCl)CI. The van der Waals surface area contributed by atoms with E-state index in [0.29, 0.717) is 19.1 Å². The Labute approximate surface area is 93.1 Å². The van der Waals surface area contributed by atoms with Gasteiger partial charge in [0.25, 0.3) is 0 Å². The van der Waals surface area contributed by atoms with Crippen molar-refractivity contribution in [2.24, 2.45) is 0 Å². The first-order valence-electron chi connectivity index (χ1n) is 4.02. The average Bonchev–Trinajstić information content (AvgIpc) is 2.12. The number of hydrogen-bond donors (Lipinski definition) is 0. The topological polar surface area (TPSA) is 18.5 Å². The summed E-state index contributed by atoms with van der Waals surface area (Å²) < 4.78 is 11.6. The smallest absolute Gasteiger partial charge is 0.0879 e. The van der Waals surface area contributed by atoms with Crippen molar-refractivity contribution in [1.29, 1.82) is 0 Å². The molecule has 0 aromatic carbocycles. The first-order valence-corrected chi connectivity index (χ1v) is 6.08. The standard InChI is InChI=1S/C8H16ClIO2/c1-3-11-4-5-12-8(2,6-9)7-10/h3-7H2,1-2H3. The molecular weight excluding hydrogens is 290 g/mol. The van der Waals surface area contributed by atoms with Crippen molar-refractivity contribution in [3.8, 4) is 0 Å². The summed E-state index contributed by atoms with van der Waals surface area (Å²) in [5.74, 6) is 0.530. The van der Waals surface area contributed by atoms with Crippen LogP contribution in [-0.2, 0) is 9.47 Å². The molecule has 1 atom stereocenters. The predicted octanol–water partition coefficient (Wildman–Crippen LogP) is 2.47. The zero-order valence-electron chi connectivity index (χ0n) is 7.61. The Bertz CT molecular complexity index is 107. The maximum absolute atomic E-state index is 5.75. The molecule has 0 saturated heterocycles. The summed E-state index contributed by atoms with van der Waals surface area (Å²) in [7, 11) is 0. The van der Waals surface area contributed by atoms with Crippen LogP contribution in [0.5, 0.6) is 0 Å². The van der Waals surface area contributed by atoms with Crippen LogP contribution < -0.4 is 0 Å². The number of alkyl halides is 2. The molecule has 0 radical (unpaired) electrons. The third-order valence-electron chi connectivity index (χ3n) is 1.45. The minimum absolute atomic E-state index is 0.195. The summed E-state index contributed by atoms with van der Waals surface area (Å²) >= 11 is 8.03. The van der Waals surface area contributed by atoms with E-state index in [1.54, 1.807) is 0 Å². The number of rotatable bonds is 7. The predicted molar refractivity (Wildman–Crippen MR) is 60.5 cm³/mol. The van der Waals surface area contributed by atoms with Gasteiger partial charge in [-0.25, -0.2) is 0 Å². The normalized spacial score (nSPS) is 16.0. The van der Waals surface area contributed by atoms with Crippen molar-refractivity contribution in [1.82, 2.24) is 0 Å². The molecule has 74 valence electrons. The molecule has 0 amide bonds. The van der Waals surface area contributed by atoms with Crippen molar-refractivity contribution >= 4 is 34.2 Å². The van der Waals surface area contributed by atoms with Crippen molar-refractivity contribution in [3.63, 3.8) is 0 Å². The summed E-state index contributed by atoms with van der Waals surface area (Å²) in [5.41, 5.74) is -0.195. The molecule has 0 rings (SSSR count). The minimum atomic E-state index is -0.195. The summed E-state index contributed by atoms with van der Waals surface area (Å²) in [6, 6.07) is 0. The highest BCUT2D eigenvalue weighted by Crippen LogP contribution is 2.15. The Hall–Kier alpha value is 0.940. The van der Waals surface area contributed by atoms with E-state index in [4.69, 9.17) is 21.1 Å². The van der Waals surface area contributed by atoms with Gasteiger partial charge in [-0.05, 0) is 13.8 Å². The molecule has 0 bridgehead atoms. The van der Waals surface area contributed by atoms with Crippen LogP contribution in [-0.4, -0.2) is 35.7 Å². The fraction of sp³-hybridized carbons (Fsp3) is 1.00. The van der Waals surface area contributed by atoms with Gasteiger partial charge in [0.2, 0.25) is 0 Å². The molecular formula is C8H16ClIO2. The van der Waals surface area contributed by atoms with Crippen LogP contribution in [0.15, 0.2) is 0 Å². The van der Waals surface area contributed by atoms with Gasteiger partial charge in [-0.1, -0.05) is 22.6 Å². The van der Waals surface area contributed by atoms with E-state index in [1.165, 1.54) is 0 Å². The highest BCUT2D eigenvalue weighted by molar-refractivity contribution is 14.1. The van der Waals surface area contributed by atoms with Crippen molar-refractivity contribution in [3.05, 3.63) is 0 Å². The van der Waals surface area contributed by atoms with E-state index in [-0.39, 0.29) is 5.60 Å². The van der Waals surface area contributed by atoms with E-state index in [9.17, 15) is 0 Å². The zero-order chi connectivity index (χ0) is 9.45. The summed E-state index contributed by atoms with van der Waals surface area (Å²) in [6.45, 7) is 6.00. The lowest BCUT2D eigenvalue weighted by atomic mass is 10.2. The van der Waals surface area contributed by atoms with E-state index < -0.39 is 0 Å². The molecule has 0 heterocycles. The summed E-state index contributed by atoms with van der Waals surface area (Å²) in [5, 5.41) is 0. The Morgan fingerprint density at radius 1 is 1.42 bits per heavy atom. The largest absolute Gasteiger partial charge is 0.379 e. The van der Waals surface area contributed by atoms with Gasteiger partial charge in [-0.15, -0.1) is 11.6 Å². The van der Waals surface area contributed by atoms with E-state index in [1.807, 2.05) is 13.8 Å². The molecule has 0 saturated carbocycles. The average molecular weight is 307 g/mol. The maximum atomic E-state index is 5.75. The Kier molecular flexibility index (Phi) is 7.93. The van der Waals surface area contributed by atoms with Gasteiger partial charge in [0.1, 0.15) is 0 Å². The monoisotopic (exact) mass is 306 g/mol. The van der Waals surface area contributed by atoms with Crippen LogP contribution >= 0.6 is 34.2 Å². The maximum Gasteiger partial charge on any atom is 0.0879 e. The first kappa shape index (κ1) is 12.9. The second kappa shape index (κ2) is 7.35. The lowest BCUT2D eigenvalue weighted by Gasteiger charge is -2.24. The van der Waals surface area contributed by atoms with Crippen molar-refractivity contribution < 1.29 is 9.47 Å². The molecule has 0 N–H and O–H groups in total. The number of halogens is 2. The van der Waals surface area contributed by atoms with Gasteiger partial charge in [0.15, 0.2) is 0 Å². The minimum Gasteiger partial charge on any atom is -0.379 e. The first-order chi connectivity index (χ1) is 5.68. The van der Waals surface area contributed by atoms with Crippen LogP contribution in [0.4, 0.5) is 0 Å². The second-order valence-electron chi connectivity index (χ2n) is 2.76. The molecule has 0 fully saturated rings. The third-order valence-corrected chi connectivity index (χ3v) is 3.63. The summed E-state index contributed by atoms with van der Waals surface area (Å²) in [6.07, 6.45) is 0. The van der Waals surface area contributed by atoms with Crippen LogP contribution in [0.25, 0.3) is 0 Å². The molecule has 2 nitrogen and oxygen atoms in total. The lowest BCUT2D eigenvalue weighted by Crippen LogP contribution is -2.34. The highest BCUT2D eigenvalue weighted by Gasteiger charge is 2.21. The highest BCUT2D eigenvalue weighted by atomic mass is 127. The third kappa shape index (κ3) is 5.56. The van der Waals surface area contributed by atoms with Crippen LogP contribution in [0, 0.1) is 0 Å². The molecule has 4 heteroatoms.